The van der Waals surface area contributed by atoms with Crippen molar-refractivity contribution in [2.24, 2.45) is 17.3 Å². The van der Waals surface area contributed by atoms with Crippen LogP contribution in [0, 0.1) is 17.3 Å². The normalized spacial score (nSPS) is 38.6. The summed E-state index contributed by atoms with van der Waals surface area (Å²) < 4.78 is 34.3. The Morgan fingerprint density at radius 1 is 0.884 bits per heavy atom. The first-order chi connectivity index (χ1) is 19.8. The molecule has 0 bridgehead atoms. The largest absolute Gasteiger partial charge is 0.462 e. The minimum atomic E-state index is -2.23. The van der Waals surface area contributed by atoms with Gasteiger partial charge in [-0.1, -0.05) is 19.1 Å². The van der Waals surface area contributed by atoms with Crippen molar-refractivity contribution in [1.29, 1.82) is 0 Å². The first kappa shape index (κ1) is 33.8. The van der Waals surface area contributed by atoms with Crippen LogP contribution in [-0.4, -0.2) is 83.1 Å². The molecule has 1 saturated carbocycles. The summed E-state index contributed by atoms with van der Waals surface area (Å²) in [4.78, 5) is 75.5. The van der Waals surface area contributed by atoms with Gasteiger partial charge < -0.3 is 33.5 Å². The number of aliphatic hydroxyl groups is 1. The summed E-state index contributed by atoms with van der Waals surface area (Å²) in [5.74, 6) is -7.34. The van der Waals surface area contributed by atoms with Crippen molar-refractivity contribution in [3.05, 3.63) is 23.8 Å². The summed E-state index contributed by atoms with van der Waals surface area (Å²) in [7, 11) is 0. The van der Waals surface area contributed by atoms with E-state index in [1.165, 1.54) is 13.8 Å². The van der Waals surface area contributed by atoms with Crippen LogP contribution in [-0.2, 0) is 57.2 Å². The van der Waals surface area contributed by atoms with Gasteiger partial charge in [-0.05, 0) is 38.3 Å². The molecule has 13 nitrogen and oxygen atoms in total. The highest BCUT2D eigenvalue weighted by atomic mass is 16.6. The van der Waals surface area contributed by atoms with Crippen molar-refractivity contribution in [2.45, 2.75) is 110 Å². The van der Waals surface area contributed by atoms with Gasteiger partial charge in [0, 0.05) is 40.5 Å². The molecule has 2 aliphatic carbocycles. The van der Waals surface area contributed by atoms with Crippen LogP contribution in [0.25, 0.3) is 0 Å². The molecule has 1 aliphatic heterocycles. The molecule has 0 radical (unpaired) electrons. The molecular weight excluding hydrogens is 568 g/mol. The fourth-order valence-corrected chi connectivity index (χ4v) is 6.73. The van der Waals surface area contributed by atoms with E-state index in [0.717, 1.165) is 27.7 Å². The summed E-state index contributed by atoms with van der Waals surface area (Å²) in [6, 6.07) is 0. The Balaban J connectivity index is 2.50. The third-order valence-electron chi connectivity index (χ3n) is 8.57. The minimum Gasteiger partial charge on any atom is -0.462 e. The van der Waals surface area contributed by atoms with Crippen LogP contribution in [0.3, 0.4) is 0 Å². The summed E-state index contributed by atoms with van der Waals surface area (Å²) in [5.41, 5.74) is -3.25. The standard InChI is InChI=1S/C30H40O13/c1-13-10-11-21(38-16(4)31)29(9)23(26(41-19(7)34)30(37)15(3)28(36)43-22(30)12-13)14(2)24(39-17(5)32)25(40-18(6)33)27(29)42-20(8)35/h12,15,21-27,37H,2,10-11H2,1,3-9H3/b13-12-/t15-,21-,22-,23+,24-,25-,26-,27-,29+,30-/m1/s1. The van der Waals surface area contributed by atoms with Crippen molar-refractivity contribution in [2.75, 3.05) is 0 Å². The van der Waals surface area contributed by atoms with Crippen LogP contribution in [0.2, 0.25) is 0 Å². The molecule has 1 heterocycles. The van der Waals surface area contributed by atoms with E-state index in [4.69, 9.17) is 28.4 Å². The lowest BCUT2D eigenvalue weighted by atomic mass is 9.53. The quantitative estimate of drug-likeness (QED) is 0.272. The predicted octanol–water partition coefficient (Wildman–Crippen LogP) is 1.87. The second-order valence-corrected chi connectivity index (χ2v) is 11.7. The van der Waals surface area contributed by atoms with Crippen LogP contribution in [0.15, 0.2) is 23.8 Å². The minimum absolute atomic E-state index is 0.00393. The van der Waals surface area contributed by atoms with Crippen LogP contribution in [0.4, 0.5) is 0 Å². The Bertz CT molecular complexity index is 1240. The fraction of sp³-hybridized carbons (Fsp3) is 0.667. The maximum Gasteiger partial charge on any atom is 0.312 e. The van der Waals surface area contributed by atoms with E-state index < -0.39 is 95.3 Å². The molecule has 0 aromatic rings. The molecule has 13 heteroatoms. The summed E-state index contributed by atoms with van der Waals surface area (Å²) in [6.07, 6.45) is -6.62. The Labute approximate surface area is 249 Å². The van der Waals surface area contributed by atoms with Crippen molar-refractivity contribution < 1.29 is 62.3 Å². The molecule has 1 N–H and O–H groups in total. The average Bonchev–Trinajstić information content (AvgIpc) is 3.08. The van der Waals surface area contributed by atoms with E-state index in [0.29, 0.717) is 5.57 Å². The van der Waals surface area contributed by atoms with Crippen molar-refractivity contribution >= 4 is 35.8 Å². The summed E-state index contributed by atoms with van der Waals surface area (Å²) in [5, 5.41) is 12.5. The molecule has 1 saturated heterocycles. The Hall–Kier alpha value is -3.74. The highest BCUT2D eigenvalue weighted by molar-refractivity contribution is 5.78. The third-order valence-corrected chi connectivity index (χ3v) is 8.57. The molecule has 10 atom stereocenters. The number of ether oxygens (including phenoxy) is 6. The lowest BCUT2D eigenvalue weighted by Gasteiger charge is -2.58. The first-order valence-corrected chi connectivity index (χ1v) is 14.0. The topological polar surface area (TPSA) is 178 Å². The highest BCUT2D eigenvalue weighted by Gasteiger charge is 2.71. The fourth-order valence-electron chi connectivity index (χ4n) is 6.73. The van der Waals surface area contributed by atoms with Crippen LogP contribution in [0.5, 0.6) is 0 Å². The van der Waals surface area contributed by atoms with E-state index in [1.807, 2.05) is 0 Å². The summed E-state index contributed by atoms with van der Waals surface area (Å²) in [6.45, 7) is 14.5. The van der Waals surface area contributed by atoms with Crippen LogP contribution in [0.1, 0.15) is 68.2 Å². The zero-order chi connectivity index (χ0) is 32.6. The molecule has 3 aliphatic rings. The van der Waals surface area contributed by atoms with Crippen LogP contribution >= 0.6 is 0 Å². The Morgan fingerprint density at radius 2 is 1.40 bits per heavy atom. The zero-order valence-electron chi connectivity index (χ0n) is 25.7. The van der Waals surface area contributed by atoms with Gasteiger partial charge in [-0.25, -0.2) is 0 Å². The van der Waals surface area contributed by atoms with Crippen LogP contribution < -0.4 is 0 Å². The van der Waals surface area contributed by atoms with Gasteiger partial charge in [0.25, 0.3) is 0 Å². The number of carbonyl (C=O) groups is 6. The molecule has 238 valence electrons. The van der Waals surface area contributed by atoms with E-state index >= 15 is 0 Å². The molecule has 0 unspecified atom stereocenters. The number of hydrogen-bond acceptors (Lipinski definition) is 13. The van der Waals surface area contributed by atoms with Gasteiger partial charge in [-0.15, -0.1) is 0 Å². The molecular formula is C30H40O13. The molecule has 3 rings (SSSR count). The van der Waals surface area contributed by atoms with Crippen molar-refractivity contribution in [1.82, 2.24) is 0 Å². The van der Waals surface area contributed by atoms with Gasteiger partial charge >= 0.3 is 35.8 Å². The third kappa shape index (κ3) is 6.31. The zero-order valence-corrected chi connectivity index (χ0v) is 25.7. The predicted molar refractivity (Wildman–Crippen MR) is 145 cm³/mol. The second kappa shape index (κ2) is 12.5. The number of allylic oxidation sites excluding steroid dienone is 1. The molecule has 0 aromatic heterocycles. The first-order valence-electron chi connectivity index (χ1n) is 14.0. The van der Waals surface area contributed by atoms with E-state index in [-0.39, 0.29) is 18.4 Å². The number of hydrogen-bond donors (Lipinski definition) is 1. The number of carbonyl (C=O) groups excluding carboxylic acids is 6. The van der Waals surface area contributed by atoms with Crippen molar-refractivity contribution in [3.8, 4) is 0 Å². The van der Waals surface area contributed by atoms with Gasteiger partial charge in [-0.3, -0.25) is 28.8 Å². The monoisotopic (exact) mass is 608 g/mol. The molecule has 43 heavy (non-hydrogen) atoms. The smallest absolute Gasteiger partial charge is 0.312 e. The maximum absolute atomic E-state index is 13.0. The van der Waals surface area contributed by atoms with Gasteiger partial charge in [-0.2, -0.15) is 0 Å². The lowest BCUT2D eigenvalue weighted by Crippen LogP contribution is -2.71. The number of fused-ring (bicyclic) bond motifs is 2. The van der Waals surface area contributed by atoms with E-state index in [1.54, 1.807) is 19.9 Å². The number of rotatable bonds is 5. The van der Waals surface area contributed by atoms with E-state index in [9.17, 15) is 33.9 Å². The second-order valence-electron chi connectivity index (χ2n) is 11.7. The summed E-state index contributed by atoms with van der Waals surface area (Å²) >= 11 is 0. The Morgan fingerprint density at radius 3 is 1.91 bits per heavy atom. The molecule has 0 aromatic carbocycles. The number of esters is 6. The van der Waals surface area contributed by atoms with Gasteiger partial charge in [0.15, 0.2) is 30.0 Å². The highest BCUT2D eigenvalue weighted by Crippen LogP contribution is 2.57. The Kier molecular flexibility index (Phi) is 9.79. The van der Waals surface area contributed by atoms with Gasteiger partial charge in [0.1, 0.15) is 12.2 Å². The van der Waals surface area contributed by atoms with Crippen molar-refractivity contribution in [3.63, 3.8) is 0 Å². The molecule has 0 amide bonds. The maximum atomic E-state index is 13.0. The SMILES string of the molecule is C=C1[C@@H](OC(C)=O)[C@@H](OC(C)=O)[C@@H](OC(C)=O)[C@@]2(C)[C@H](OC(C)=O)CC/C(C)=C\[C@H]3OC(=O)[C@@H](C)[C@]3(O)[C@H](OC(C)=O)[C@H]12. The van der Waals surface area contributed by atoms with Gasteiger partial charge in [0.2, 0.25) is 0 Å². The van der Waals surface area contributed by atoms with Gasteiger partial charge in [0.05, 0.1) is 11.3 Å². The molecule has 2 fully saturated rings. The molecule has 0 spiro atoms. The lowest BCUT2D eigenvalue weighted by molar-refractivity contribution is -0.248. The van der Waals surface area contributed by atoms with E-state index in [2.05, 4.69) is 6.58 Å². The average molecular weight is 609 g/mol.